The Kier molecular flexibility index (Phi) is 8.74. The van der Waals surface area contributed by atoms with Gasteiger partial charge in [0.1, 0.15) is 5.75 Å². The molecular formula is C32H30N2O5. The molecule has 4 rings (SSSR count). The third kappa shape index (κ3) is 6.70. The molecule has 7 nitrogen and oxygen atoms in total. The maximum absolute atomic E-state index is 13.2. The number of amides is 2. The predicted molar refractivity (Wildman–Crippen MR) is 152 cm³/mol. The van der Waals surface area contributed by atoms with Crippen molar-refractivity contribution in [2.75, 3.05) is 30.5 Å². The first-order valence-corrected chi connectivity index (χ1v) is 12.6. The molecule has 0 radical (unpaired) electrons. The number of esters is 1. The minimum Gasteiger partial charge on any atom is -0.480 e. The lowest BCUT2D eigenvalue weighted by molar-refractivity contribution is -0.145. The molecule has 1 N–H and O–H groups in total. The summed E-state index contributed by atoms with van der Waals surface area (Å²) in [6.07, 6.45) is 0. The first-order chi connectivity index (χ1) is 18.9. The van der Waals surface area contributed by atoms with E-state index in [4.69, 9.17) is 9.47 Å². The largest absolute Gasteiger partial charge is 0.480 e. The van der Waals surface area contributed by atoms with Crippen LogP contribution in [0.1, 0.15) is 33.2 Å². The summed E-state index contributed by atoms with van der Waals surface area (Å²) in [6.45, 7) is 3.75. The highest BCUT2D eigenvalue weighted by Crippen LogP contribution is 2.29. The van der Waals surface area contributed by atoms with Gasteiger partial charge >= 0.3 is 5.97 Å². The fraction of sp³-hybridized carbons (Fsp3) is 0.156. The Bertz CT molecular complexity index is 1460. The van der Waals surface area contributed by atoms with Gasteiger partial charge < -0.3 is 19.7 Å². The minimum absolute atomic E-state index is 0.241. The lowest BCUT2D eigenvalue weighted by Crippen LogP contribution is -2.27. The molecule has 0 heterocycles. The molecule has 0 aliphatic carbocycles. The van der Waals surface area contributed by atoms with Crippen LogP contribution in [0.15, 0.2) is 97.1 Å². The minimum atomic E-state index is -0.486. The summed E-state index contributed by atoms with van der Waals surface area (Å²) in [7, 11) is 1.63. The zero-order chi connectivity index (χ0) is 27.8. The van der Waals surface area contributed by atoms with Crippen LogP contribution in [-0.2, 0) is 9.53 Å². The van der Waals surface area contributed by atoms with Crippen molar-refractivity contribution in [2.45, 2.75) is 13.8 Å². The summed E-state index contributed by atoms with van der Waals surface area (Å²) >= 11 is 0. The van der Waals surface area contributed by atoms with Crippen LogP contribution in [0.4, 0.5) is 11.4 Å². The Morgan fingerprint density at radius 2 is 1.49 bits per heavy atom. The molecule has 2 amide bonds. The van der Waals surface area contributed by atoms with Gasteiger partial charge in [-0.1, -0.05) is 60.2 Å². The van der Waals surface area contributed by atoms with E-state index in [1.165, 1.54) is 4.90 Å². The predicted octanol–water partition coefficient (Wildman–Crippen LogP) is 6.13. The second-order valence-corrected chi connectivity index (χ2v) is 8.87. The van der Waals surface area contributed by atoms with Gasteiger partial charge in [-0.15, -0.1) is 0 Å². The average molecular weight is 523 g/mol. The molecule has 0 spiro atoms. The molecule has 4 aromatic rings. The summed E-state index contributed by atoms with van der Waals surface area (Å²) in [5.74, 6) is -0.613. The van der Waals surface area contributed by atoms with Crippen molar-refractivity contribution >= 4 is 29.2 Å². The number of rotatable bonds is 9. The van der Waals surface area contributed by atoms with E-state index in [1.807, 2.05) is 49.4 Å². The standard InChI is InChI=1S/C32H30N2O5/c1-4-38-30(35)21-39-29-12-8-7-11-28(29)34(3)32(37)24-17-19-25(20-18-24)33-31(36)27-10-6-5-9-26(27)23-15-13-22(2)14-16-23/h5-20H,4,21H2,1-3H3,(H,33,36). The fourth-order valence-electron chi connectivity index (χ4n) is 4.06. The molecule has 0 saturated carbocycles. The van der Waals surface area contributed by atoms with Crippen molar-refractivity contribution < 1.29 is 23.9 Å². The number of nitrogens with zero attached hydrogens (tertiary/aromatic N) is 1. The van der Waals surface area contributed by atoms with Crippen LogP contribution in [0.3, 0.4) is 0 Å². The molecule has 0 atom stereocenters. The van der Waals surface area contributed by atoms with Gasteiger partial charge in [0.15, 0.2) is 6.61 Å². The van der Waals surface area contributed by atoms with Gasteiger partial charge in [0.2, 0.25) is 0 Å². The Morgan fingerprint density at radius 1 is 0.821 bits per heavy atom. The van der Waals surface area contributed by atoms with Gasteiger partial charge in [0, 0.05) is 23.9 Å². The van der Waals surface area contributed by atoms with Crippen molar-refractivity contribution in [1.82, 2.24) is 0 Å². The average Bonchev–Trinajstić information content (AvgIpc) is 2.96. The third-order valence-corrected chi connectivity index (χ3v) is 6.11. The van der Waals surface area contributed by atoms with Crippen molar-refractivity contribution in [2.24, 2.45) is 0 Å². The maximum Gasteiger partial charge on any atom is 0.344 e. The number of para-hydroxylation sites is 2. The second-order valence-electron chi connectivity index (χ2n) is 8.87. The summed E-state index contributed by atoms with van der Waals surface area (Å²) in [6, 6.07) is 29.1. The number of benzene rings is 4. The Balaban J connectivity index is 1.46. The van der Waals surface area contributed by atoms with E-state index in [0.29, 0.717) is 28.3 Å². The molecule has 0 saturated heterocycles. The number of aryl methyl sites for hydroxylation is 1. The van der Waals surface area contributed by atoms with Gasteiger partial charge in [-0.05, 0) is 67.4 Å². The summed E-state index contributed by atoms with van der Waals surface area (Å²) in [5, 5.41) is 2.93. The van der Waals surface area contributed by atoms with Gasteiger partial charge in [-0.2, -0.15) is 0 Å². The molecule has 0 aliphatic rings. The number of ether oxygens (including phenoxy) is 2. The lowest BCUT2D eigenvalue weighted by atomic mass is 9.98. The maximum atomic E-state index is 13.2. The summed E-state index contributed by atoms with van der Waals surface area (Å²) < 4.78 is 10.5. The molecule has 198 valence electrons. The molecule has 0 aliphatic heterocycles. The van der Waals surface area contributed by atoms with Crippen molar-refractivity contribution in [1.29, 1.82) is 0 Å². The van der Waals surface area contributed by atoms with E-state index in [9.17, 15) is 14.4 Å². The van der Waals surface area contributed by atoms with Crippen LogP contribution >= 0.6 is 0 Å². The first kappa shape index (κ1) is 27.1. The number of hydrogen-bond donors (Lipinski definition) is 1. The van der Waals surface area contributed by atoms with E-state index in [2.05, 4.69) is 5.32 Å². The van der Waals surface area contributed by atoms with E-state index in [0.717, 1.165) is 16.7 Å². The highest BCUT2D eigenvalue weighted by molar-refractivity contribution is 6.09. The SMILES string of the molecule is CCOC(=O)COc1ccccc1N(C)C(=O)c1ccc(NC(=O)c2ccccc2-c2ccc(C)cc2)cc1. The van der Waals surface area contributed by atoms with Crippen LogP contribution in [0, 0.1) is 6.92 Å². The summed E-state index contributed by atoms with van der Waals surface area (Å²) in [4.78, 5) is 39.5. The number of carbonyl (C=O) groups is 3. The first-order valence-electron chi connectivity index (χ1n) is 12.6. The molecular weight excluding hydrogens is 492 g/mol. The number of carbonyl (C=O) groups excluding carboxylic acids is 3. The van der Waals surface area contributed by atoms with Crippen molar-refractivity contribution in [3.8, 4) is 16.9 Å². The topological polar surface area (TPSA) is 84.9 Å². The van der Waals surface area contributed by atoms with Gasteiger partial charge in [0.25, 0.3) is 11.8 Å². The van der Waals surface area contributed by atoms with Crippen molar-refractivity contribution in [3.63, 3.8) is 0 Å². The monoisotopic (exact) mass is 522 g/mol. The zero-order valence-corrected chi connectivity index (χ0v) is 22.1. The van der Waals surface area contributed by atoms with Crippen LogP contribution in [0.25, 0.3) is 11.1 Å². The van der Waals surface area contributed by atoms with E-state index in [1.54, 1.807) is 68.6 Å². The number of nitrogens with one attached hydrogen (secondary N) is 1. The quantitative estimate of drug-likeness (QED) is 0.267. The van der Waals surface area contributed by atoms with Crippen LogP contribution in [-0.4, -0.2) is 38.0 Å². The fourth-order valence-corrected chi connectivity index (χ4v) is 4.06. The highest BCUT2D eigenvalue weighted by Gasteiger charge is 2.18. The molecule has 0 fully saturated rings. The number of hydrogen-bond acceptors (Lipinski definition) is 5. The van der Waals surface area contributed by atoms with Gasteiger partial charge in [0.05, 0.1) is 12.3 Å². The van der Waals surface area contributed by atoms with Gasteiger partial charge in [-0.25, -0.2) is 4.79 Å². The Hall–Kier alpha value is -4.91. The molecule has 39 heavy (non-hydrogen) atoms. The van der Waals surface area contributed by atoms with E-state index in [-0.39, 0.29) is 25.0 Å². The van der Waals surface area contributed by atoms with Crippen molar-refractivity contribution in [3.05, 3.63) is 114 Å². The van der Waals surface area contributed by atoms with Crippen LogP contribution < -0.4 is 15.0 Å². The van der Waals surface area contributed by atoms with Crippen LogP contribution in [0.2, 0.25) is 0 Å². The highest BCUT2D eigenvalue weighted by atomic mass is 16.6. The molecule has 0 aromatic heterocycles. The normalized spacial score (nSPS) is 10.4. The zero-order valence-electron chi connectivity index (χ0n) is 22.1. The molecule has 4 aromatic carbocycles. The Morgan fingerprint density at radius 3 is 2.21 bits per heavy atom. The molecule has 0 bridgehead atoms. The van der Waals surface area contributed by atoms with Gasteiger partial charge in [-0.3, -0.25) is 9.59 Å². The third-order valence-electron chi connectivity index (χ3n) is 6.11. The smallest absolute Gasteiger partial charge is 0.344 e. The van der Waals surface area contributed by atoms with E-state index >= 15 is 0 Å². The molecule has 0 unspecified atom stereocenters. The number of anilines is 2. The Labute approximate surface area is 228 Å². The van der Waals surface area contributed by atoms with Crippen LogP contribution in [0.5, 0.6) is 5.75 Å². The summed E-state index contributed by atoms with van der Waals surface area (Å²) in [5.41, 5.74) is 5.01. The van der Waals surface area contributed by atoms with E-state index < -0.39 is 5.97 Å². The second kappa shape index (κ2) is 12.6. The molecule has 7 heteroatoms. The lowest BCUT2D eigenvalue weighted by Gasteiger charge is -2.21.